The lowest BCUT2D eigenvalue weighted by Crippen LogP contribution is -2.23. The minimum atomic E-state index is -0.154. The summed E-state index contributed by atoms with van der Waals surface area (Å²) >= 11 is 0. The number of benzene rings is 2. The lowest BCUT2D eigenvalue weighted by molar-refractivity contribution is 0.0952. The van der Waals surface area contributed by atoms with Crippen LogP contribution < -0.4 is 5.32 Å². The summed E-state index contributed by atoms with van der Waals surface area (Å²) in [4.78, 5) is 12.7. The van der Waals surface area contributed by atoms with Gasteiger partial charge in [-0.1, -0.05) is 29.0 Å². The summed E-state index contributed by atoms with van der Waals surface area (Å²) in [6.45, 7) is 6.48. The van der Waals surface area contributed by atoms with E-state index in [9.17, 15) is 4.79 Å². The maximum Gasteiger partial charge on any atom is 0.252 e. The van der Waals surface area contributed by atoms with Crippen LogP contribution in [0.5, 0.6) is 0 Å². The monoisotopic (exact) mass is 374 g/mol. The van der Waals surface area contributed by atoms with E-state index < -0.39 is 0 Å². The number of aryl methyl sites for hydroxylation is 1. The predicted octanol–water partition coefficient (Wildman–Crippen LogP) is 3.44. The molecule has 0 aliphatic rings. The Morgan fingerprint density at radius 1 is 1.14 bits per heavy atom. The number of rotatable bonds is 5. The lowest BCUT2D eigenvalue weighted by atomic mass is 10.1. The van der Waals surface area contributed by atoms with Gasteiger partial charge in [-0.15, -0.1) is 5.10 Å². The van der Waals surface area contributed by atoms with E-state index in [4.69, 9.17) is 0 Å². The second-order valence-electron chi connectivity index (χ2n) is 7.09. The summed E-state index contributed by atoms with van der Waals surface area (Å²) in [7, 11) is 0. The van der Waals surface area contributed by atoms with Crippen molar-refractivity contribution in [2.45, 2.75) is 33.4 Å². The van der Waals surface area contributed by atoms with Crippen molar-refractivity contribution < 1.29 is 4.79 Å². The Labute approximate surface area is 163 Å². The van der Waals surface area contributed by atoms with Gasteiger partial charge in [-0.05, 0) is 45.0 Å². The number of aromatic nitrogens is 5. The van der Waals surface area contributed by atoms with Gasteiger partial charge in [-0.2, -0.15) is 5.10 Å². The summed E-state index contributed by atoms with van der Waals surface area (Å²) in [5.41, 5.74) is 4.37. The quantitative estimate of drug-likeness (QED) is 0.580. The number of fused-ring (bicyclic) bond motifs is 1. The maximum absolute atomic E-state index is 12.7. The summed E-state index contributed by atoms with van der Waals surface area (Å²) in [5, 5.41) is 16.5. The summed E-state index contributed by atoms with van der Waals surface area (Å²) in [6, 6.07) is 13.9. The summed E-state index contributed by atoms with van der Waals surface area (Å²) < 4.78 is 3.62. The third kappa shape index (κ3) is 3.38. The van der Waals surface area contributed by atoms with Gasteiger partial charge in [-0.25, -0.2) is 4.68 Å². The standard InChI is InChI=1S/C21H22N6O/c1-14(2)27-20-6-4-5-18(19(20)12-23-27)21(28)22-11-16-13-26(25-24-16)17-9-7-15(3)8-10-17/h4-10,12-14H,11H2,1-3H3,(H,22,28). The fraction of sp³-hybridized carbons (Fsp3) is 0.238. The van der Waals surface area contributed by atoms with E-state index in [1.807, 2.05) is 60.3 Å². The van der Waals surface area contributed by atoms with Gasteiger partial charge in [0.05, 0.1) is 35.7 Å². The van der Waals surface area contributed by atoms with Gasteiger partial charge in [-0.3, -0.25) is 9.48 Å². The highest BCUT2D eigenvalue weighted by Gasteiger charge is 2.14. The Morgan fingerprint density at radius 3 is 2.68 bits per heavy atom. The van der Waals surface area contributed by atoms with Crippen LogP contribution in [0.25, 0.3) is 16.6 Å². The molecule has 7 heteroatoms. The molecule has 4 aromatic rings. The van der Waals surface area contributed by atoms with Crippen LogP contribution in [0.2, 0.25) is 0 Å². The molecule has 0 bridgehead atoms. The molecule has 0 saturated carbocycles. The molecular weight excluding hydrogens is 352 g/mol. The Bertz CT molecular complexity index is 1120. The SMILES string of the molecule is Cc1ccc(-n2cc(CNC(=O)c3cccc4c3cnn4C(C)C)nn2)cc1. The fourth-order valence-corrected chi connectivity index (χ4v) is 3.15. The first-order chi connectivity index (χ1) is 13.5. The third-order valence-corrected chi connectivity index (χ3v) is 4.64. The fourth-order valence-electron chi connectivity index (χ4n) is 3.15. The van der Waals surface area contributed by atoms with Crippen molar-refractivity contribution in [2.24, 2.45) is 0 Å². The largest absolute Gasteiger partial charge is 0.346 e. The number of nitrogens with zero attached hydrogens (tertiary/aromatic N) is 5. The van der Waals surface area contributed by atoms with E-state index in [0.717, 1.165) is 16.6 Å². The Balaban J connectivity index is 1.49. The van der Waals surface area contributed by atoms with Crippen molar-refractivity contribution in [1.29, 1.82) is 0 Å². The number of carbonyl (C=O) groups is 1. The van der Waals surface area contributed by atoms with Crippen molar-refractivity contribution in [3.05, 3.63) is 71.7 Å². The number of amides is 1. The van der Waals surface area contributed by atoms with Crippen molar-refractivity contribution in [3.8, 4) is 5.69 Å². The van der Waals surface area contributed by atoms with Crippen LogP contribution in [0.4, 0.5) is 0 Å². The second-order valence-corrected chi connectivity index (χ2v) is 7.09. The van der Waals surface area contributed by atoms with Gasteiger partial charge in [0.1, 0.15) is 5.69 Å². The highest BCUT2D eigenvalue weighted by molar-refractivity contribution is 6.06. The minimum Gasteiger partial charge on any atom is -0.346 e. The van der Waals surface area contributed by atoms with Crippen LogP contribution >= 0.6 is 0 Å². The van der Waals surface area contributed by atoms with Crippen molar-refractivity contribution in [1.82, 2.24) is 30.1 Å². The summed E-state index contributed by atoms with van der Waals surface area (Å²) in [6.07, 6.45) is 3.57. The average molecular weight is 374 g/mol. The van der Waals surface area contributed by atoms with Gasteiger partial charge in [0.25, 0.3) is 5.91 Å². The maximum atomic E-state index is 12.7. The first-order valence-corrected chi connectivity index (χ1v) is 9.25. The van der Waals surface area contributed by atoms with E-state index in [2.05, 4.69) is 34.6 Å². The zero-order chi connectivity index (χ0) is 19.7. The van der Waals surface area contributed by atoms with Crippen molar-refractivity contribution in [2.75, 3.05) is 0 Å². The Kier molecular flexibility index (Phi) is 4.65. The Morgan fingerprint density at radius 2 is 1.93 bits per heavy atom. The molecular formula is C21H22N6O. The van der Waals surface area contributed by atoms with E-state index >= 15 is 0 Å². The molecule has 4 rings (SSSR count). The topological polar surface area (TPSA) is 77.6 Å². The van der Waals surface area contributed by atoms with E-state index in [-0.39, 0.29) is 11.9 Å². The van der Waals surface area contributed by atoms with Gasteiger partial charge in [0.2, 0.25) is 0 Å². The zero-order valence-electron chi connectivity index (χ0n) is 16.1. The van der Waals surface area contributed by atoms with Gasteiger partial charge in [0.15, 0.2) is 0 Å². The molecule has 2 aromatic heterocycles. The van der Waals surface area contributed by atoms with E-state index in [1.165, 1.54) is 5.56 Å². The van der Waals surface area contributed by atoms with Crippen LogP contribution in [0.1, 0.15) is 41.5 Å². The van der Waals surface area contributed by atoms with Crippen LogP contribution in [-0.2, 0) is 6.54 Å². The number of carbonyl (C=O) groups excluding carboxylic acids is 1. The smallest absolute Gasteiger partial charge is 0.252 e. The first kappa shape index (κ1) is 17.9. The number of hydrogen-bond acceptors (Lipinski definition) is 4. The molecule has 1 amide bonds. The highest BCUT2D eigenvalue weighted by atomic mass is 16.1. The second kappa shape index (κ2) is 7.26. The molecule has 0 aliphatic heterocycles. The summed E-state index contributed by atoms with van der Waals surface area (Å²) in [5.74, 6) is -0.154. The highest BCUT2D eigenvalue weighted by Crippen LogP contribution is 2.21. The van der Waals surface area contributed by atoms with Crippen LogP contribution in [0.15, 0.2) is 54.9 Å². The molecule has 0 spiro atoms. The molecule has 28 heavy (non-hydrogen) atoms. The molecule has 2 heterocycles. The molecule has 0 unspecified atom stereocenters. The van der Waals surface area contributed by atoms with Crippen LogP contribution in [0, 0.1) is 6.92 Å². The molecule has 0 saturated heterocycles. The third-order valence-electron chi connectivity index (χ3n) is 4.64. The molecule has 0 fully saturated rings. The molecule has 0 radical (unpaired) electrons. The number of hydrogen-bond donors (Lipinski definition) is 1. The molecule has 1 N–H and O–H groups in total. The van der Waals surface area contributed by atoms with E-state index in [0.29, 0.717) is 17.8 Å². The molecule has 0 aliphatic carbocycles. The van der Waals surface area contributed by atoms with Crippen LogP contribution in [0.3, 0.4) is 0 Å². The van der Waals surface area contributed by atoms with Gasteiger partial charge < -0.3 is 5.32 Å². The molecule has 142 valence electrons. The zero-order valence-corrected chi connectivity index (χ0v) is 16.1. The van der Waals surface area contributed by atoms with Crippen LogP contribution in [-0.4, -0.2) is 30.7 Å². The van der Waals surface area contributed by atoms with Crippen molar-refractivity contribution in [3.63, 3.8) is 0 Å². The van der Waals surface area contributed by atoms with Gasteiger partial charge >= 0.3 is 0 Å². The number of nitrogens with one attached hydrogen (secondary N) is 1. The van der Waals surface area contributed by atoms with Gasteiger partial charge in [0, 0.05) is 11.4 Å². The lowest BCUT2D eigenvalue weighted by Gasteiger charge is -2.08. The predicted molar refractivity (Wildman–Crippen MR) is 107 cm³/mol. The minimum absolute atomic E-state index is 0.154. The molecule has 2 aromatic carbocycles. The molecule has 0 atom stereocenters. The average Bonchev–Trinajstić information content (AvgIpc) is 3.33. The first-order valence-electron chi connectivity index (χ1n) is 9.25. The Hall–Kier alpha value is -3.48. The van der Waals surface area contributed by atoms with Crippen molar-refractivity contribution >= 4 is 16.8 Å². The normalized spacial score (nSPS) is 11.3. The molecule has 7 nitrogen and oxygen atoms in total. The van der Waals surface area contributed by atoms with E-state index in [1.54, 1.807) is 10.9 Å².